The molecule has 0 heterocycles. The van der Waals surface area contributed by atoms with Crippen LogP contribution in [-0.4, -0.2) is 18.1 Å². The van der Waals surface area contributed by atoms with Gasteiger partial charge < -0.3 is 10.5 Å². The van der Waals surface area contributed by atoms with Gasteiger partial charge in [0.05, 0.1) is 6.61 Å². The monoisotopic (exact) mass is 239 g/mol. The second kappa shape index (κ2) is 8.34. The van der Waals surface area contributed by atoms with Crippen LogP contribution in [0.4, 0.5) is 5.69 Å². The smallest absolute Gasteiger partial charge is 0.121 e. The molecule has 0 radical (unpaired) electrons. The lowest BCUT2D eigenvalue weighted by molar-refractivity contribution is 0.344. The zero-order valence-electron chi connectivity index (χ0n) is 9.95. The Kier molecular flexibility index (Phi) is 6.90. The van der Waals surface area contributed by atoms with Crippen LogP contribution in [-0.2, 0) is 0 Å². The van der Waals surface area contributed by atoms with Crippen LogP contribution in [0.2, 0.25) is 0 Å². The second-order valence-electron chi connectivity index (χ2n) is 3.74. The lowest BCUT2D eigenvalue weighted by atomic mass is 10.3. The molecule has 2 N–H and O–H groups in total. The largest absolute Gasteiger partial charge is 0.493 e. The van der Waals surface area contributed by atoms with Crippen LogP contribution in [0.5, 0.6) is 5.75 Å². The van der Waals surface area contributed by atoms with Gasteiger partial charge in [-0.3, -0.25) is 0 Å². The summed E-state index contributed by atoms with van der Waals surface area (Å²) in [7, 11) is 0. The van der Waals surface area contributed by atoms with Crippen LogP contribution in [0.1, 0.15) is 26.2 Å². The number of benzene rings is 1. The lowest BCUT2D eigenvalue weighted by Crippen LogP contribution is -2.01. The molecule has 3 heteroatoms. The standard InChI is InChI=1S/C13H21NOS/c1-2-3-4-9-16-10-8-15-13-7-5-6-12(14)11-13/h5-7,11H,2-4,8-10,14H2,1H3. The third kappa shape index (κ3) is 5.91. The number of ether oxygens (including phenoxy) is 1. The summed E-state index contributed by atoms with van der Waals surface area (Å²) in [5, 5.41) is 0. The van der Waals surface area contributed by atoms with E-state index in [1.54, 1.807) is 0 Å². The molecule has 0 aliphatic carbocycles. The van der Waals surface area contributed by atoms with Crippen molar-refractivity contribution in [3.63, 3.8) is 0 Å². The molecule has 0 atom stereocenters. The van der Waals surface area contributed by atoms with Gasteiger partial charge >= 0.3 is 0 Å². The normalized spacial score (nSPS) is 10.3. The van der Waals surface area contributed by atoms with E-state index in [0.29, 0.717) is 0 Å². The van der Waals surface area contributed by atoms with Crippen molar-refractivity contribution in [1.29, 1.82) is 0 Å². The van der Waals surface area contributed by atoms with E-state index >= 15 is 0 Å². The number of rotatable bonds is 8. The van der Waals surface area contributed by atoms with Gasteiger partial charge in [-0.1, -0.05) is 25.8 Å². The van der Waals surface area contributed by atoms with Crippen LogP contribution in [0.15, 0.2) is 24.3 Å². The summed E-state index contributed by atoms with van der Waals surface area (Å²) in [6, 6.07) is 7.59. The molecule has 2 nitrogen and oxygen atoms in total. The number of nitrogens with two attached hydrogens (primary N) is 1. The van der Waals surface area contributed by atoms with E-state index < -0.39 is 0 Å². The first-order valence-electron chi connectivity index (χ1n) is 5.89. The van der Waals surface area contributed by atoms with Gasteiger partial charge in [0.25, 0.3) is 0 Å². The number of nitrogen functional groups attached to an aromatic ring is 1. The molecule has 0 spiro atoms. The molecule has 1 aromatic carbocycles. The molecule has 0 bridgehead atoms. The third-order valence-corrected chi connectivity index (χ3v) is 3.28. The van der Waals surface area contributed by atoms with Crippen molar-refractivity contribution in [1.82, 2.24) is 0 Å². The Morgan fingerprint density at radius 1 is 1.25 bits per heavy atom. The van der Waals surface area contributed by atoms with Gasteiger partial charge in [0.2, 0.25) is 0 Å². The Morgan fingerprint density at radius 3 is 2.88 bits per heavy atom. The number of unbranched alkanes of at least 4 members (excludes halogenated alkanes) is 2. The quantitative estimate of drug-likeness (QED) is 0.556. The van der Waals surface area contributed by atoms with Crippen LogP contribution < -0.4 is 10.5 Å². The first-order chi connectivity index (χ1) is 7.83. The minimum atomic E-state index is 0.757. The molecule has 0 saturated carbocycles. The summed E-state index contributed by atoms with van der Waals surface area (Å²) in [5.41, 5.74) is 6.42. The Hall–Kier alpha value is -0.830. The molecular formula is C13H21NOS. The number of hydrogen-bond donors (Lipinski definition) is 1. The second-order valence-corrected chi connectivity index (χ2v) is 4.97. The van der Waals surface area contributed by atoms with E-state index in [4.69, 9.17) is 10.5 Å². The molecule has 0 aliphatic heterocycles. The van der Waals surface area contributed by atoms with E-state index in [0.717, 1.165) is 23.8 Å². The first kappa shape index (κ1) is 13.2. The SMILES string of the molecule is CCCCCSCCOc1cccc(N)c1. The maximum absolute atomic E-state index is 5.66. The van der Waals surface area contributed by atoms with Crippen molar-refractivity contribution in [3.8, 4) is 5.75 Å². The topological polar surface area (TPSA) is 35.2 Å². The van der Waals surface area contributed by atoms with Crippen molar-refractivity contribution < 1.29 is 4.74 Å². The molecule has 0 aliphatic rings. The Labute approximate surface area is 103 Å². The molecule has 0 aromatic heterocycles. The van der Waals surface area contributed by atoms with E-state index in [1.165, 1.54) is 25.0 Å². The highest BCUT2D eigenvalue weighted by Crippen LogP contribution is 2.15. The summed E-state index contributed by atoms with van der Waals surface area (Å²) < 4.78 is 5.59. The molecule has 0 saturated heterocycles. The van der Waals surface area contributed by atoms with Crippen molar-refractivity contribution in [2.45, 2.75) is 26.2 Å². The van der Waals surface area contributed by atoms with Crippen LogP contribution in [0, 0.1) is 0 Å². The minimum Gasteiger partial charge on any atom is -0.493 e. The lowest BCUT2D eigenvalue weighted by Gasteiger charge is -2.06. The Bertz CT molecular complexity index is 291. The molecular weight excluding hydrogens is 218 g/mol. The van der Waals surface area contributed by atoms with Gasteiger partial charge in [-0.15, -0.1) is 0 Å². The molecule has 1 rings (SSSR count). The minimum absolute atomic E-state index is 0.757. The third-order valence-electron chi connectivity index (χ3n) is 2.25. The summed E-state index contributed by atoms with van der Waals surface area (Å²) in [4.78, 5) is 0. The zero-order valence-corrected chi connectivity index (χ0v) is 10.8. The van der Waals surface area contributed by atoms with Crippen molar-refractivity contribution in [3.05, 3.63) is 24.3 Å². The van der Waals surface area contributed by atoms with Crippen molar-refractivity contribution in [2.75, 3.05) is 23.8 Å². The van der Waals surface area contributed by atoms with Gasteiger partial charge in [0, 0.05) is 17.5 Å². The summed E-state index contributed by atoms with van der Waals surface area (Å²) >= 11 is 1.96. The average Bonchev–Trinajstić information content (AvgIpc) is 2.28. The summed E-state index contributed by atoms with van der Waals surface area (Å²) in [5.74, 6) is 3.17. The molecule has 0 amide bonds. The van der Waals surface area contributed by atoms with E-state index in [2.05, 4.69) is 6.92 Å². The van der Waals surface area contributed by atoms with Gasteiger partial charge in [-0.2, -0.15) is 11.8 Å². The fraction of sp³-hybridized carbons (Fsp3) is 0.538. The average molecular weight is 239 g/mol. The Balaban J connectivity index is 2.03. The molecule has 90 valence electrons. The van der Waals surface area contributed by atoms with Gasteiger partial charge in [-0.25, -0.2) is 0 Å². The summed E-state index contributed by atoms with van der Waals surface area (Å²) in [6.45, 7) is 2.99. The van der Waals surface area contributed by atoms with E-state index in [1.807, 2.05) is 36.0 Å². The van der Waals surface area contributed by atoms with Gasteiger partial charge in [-0.05, 0) is 24.3 Å². The van der Waals surface area contributed by atoms with Gasteiger partial charge in [0.1, 0.15) is 5.75 Å². The fourth-order valence-corrected chi connectivity index (χ4v) is 2.19. The van der Waals surface area contributed by atoms with Crippen LogP contribution in [0.25, 0.3) is 0 Å². The summed E-state index contributed by atoms with van der Waals surface area (Å²) in [6.07, 6.45) is 3.95. The number of hydrogen-bond acceptors (Lipinski definition) is 3. The maximum atomic E-state index is 5.66. The van der Waals surface area contributed by atoms with E-state index in [-0.39, 0.29) is 0 Å². The van der Waals surface area contributed by atoms with Crippen molar-refractivity contribution in [2.24, 2.45) is 0 Å². The predicted octanol–water partition coefficient (Wildman–Crippen LogP) is 3.57. The van der Waals surface area contributed by atoms with Crippen LogP contribution in [0.3, 0.4) is 0 Å². The molecule has 16 heavy (non-hydrogen) atoms. The maximum Gasteiger partial charge on any atom is 0.121 e. The molecule has 1 aromatic rings. The highest BCUT2D eigenvalue weighted by Gasteiger charge is 1.94. The van der Waals surface area contributed by atoms with Gasteiger partial charge in [0.15, 0.2) is 0 Å². The number of thioether (sulfide) groups is 1. The fourth-order valence-electron chi connectivity index (χ4n) is 1.38. The zero-order chi connectivity index (χ0) is 11.6. The van der Waals surface area contributed by atoms with E-state index in [9.17, 15) is 0 Å². The highest BCUT2D eigenvalue weighted by atomic mass is 32.2. The first-order valence-corrected chi connectivity index (χ1v) is 7.04. The Morgan fingerprint density at radius 2 is 2.12 bits per heavy atom. The predicted molar refractivity (Wildman–Crippen MR) is 73.2 cm³/mol. The van der Waals surface area contributed by atoms with Crippen molar-refractivity contribution >= 4 is 17.4 Å². The van der Waals surface area contributed by atoms with Crippen LogP contribution >= 0.6 is 11.8 Å². The number of anilines is 1. The molecule has 0 fully saturated rings. The molecule has 0 unspecified atom stereocenters. The highest BCUT2D eigenvalue weighted by molar-refractivity contribution is 7.99.